The molecule has 3 aliphatic rings. The van der Waals surface area contributed by atoms with E-state index in [1.54, 1.807) is 9.80 Å². The van der Waals surface area contributed by atoms with Crippen LogP contribution in [0.25, 0.3) is 0 Å². The molecule has 2 unspecified atom stereocenters. The quantitative estimate of drug-likeness (QED) is 0.782. The lowest BCUT2D eigenvalue weighted by atomic mass is 9.86. The molecule has 170 valence electrons. The molecule has 3 fully saturated rings. The Morgan fingerprint density at radius 2 is 2.03 bits per heavy atom. The predicted molar refractivity (Wildman–Crippen MR) is 104 cm³/mol. The van der Waals surface area contributed by atoms with Crippen LogP contribution in [-0.2, 0) is 27.1 Å². The fourth-order valence-electron chi connectivity index (χ4n) is 4.44. The molecular formula is C21H26F3N3O4. The summed E-state index contributed by atoms with van der Waals surface area (Å²) in [5, 5.41) is 2.95. The van der Waals surface area contributed by atoms with Crippen LogP contribution in [-0.4, -0.2) is 71.8 Å². The Kier molecular flexibility index (Phi) is 5.63. The lowest BCUT2D eigenvalue weighted by Gasteiger charge is -2.52. The van der Waals surface area contributed by atoms with E-state index in [0.717, 1.165) is 12.1 Å². The van der Waals surface area contributed by atoms with Crippen molar-refractivity contribution in [2.24, 2.45) is 0 Å². The summed E-state index contributed by atoms with van der Waals surface area (Å²) >= 11 is 0. The minimum atomic E-state index is -4.36. The molecule has 1 aromatic rings. The third kappa shape index (κ3) is 4.36. The average Bonchev–Trinajstić information content (AvgIpc) is 2.70. The van der Waals surface area contributed by atoms with Crippen LogP contribution in [0.1, 0.15) is 31.4 Å². The number of morpholine rings is 1. The van der Waals surface area contributed by atoms with Gasteiger partial charge in [-0.05, 0) is 38.0 Å². The van der Waals surface area contributed by atoms with E-state index < -0.39 is 17.3 Å². The van der Waals surface area contributed by atoms with E-state index in [0.29, 0.717) is 31.6 Å². The van der Waals surface area contributed by atoms with Crippen molar-refractivity contribution in [2.45, 2.75) is 56.8 Å². The largest absolute Gasteiger partial charge is 0.416 e. The number of hydrogen-bond donors (Lipinski definition) is 1. The van der Waals surface area contributed by atoms with Crippen LogP contribution in [0.15, 0.2) is 24.3 Å². The van der Waals surface area contributed by atoms with Crippen molar-refractivity contribution in [3.8, 4) is 0 Å². The lowest BCUT2D eigenvalue weighted by molar-refractivity contribution is -0.148. The van der Waals surface area contributed by atoms with Gasteiger partial charge in [-0.3, -0.25) is 4.79 Å². The molecule has 1 N–H and O–H groups in total. The molecule has 0 aromatic heterocycles. The molecule has 7 nitrogen and oxygen atoms in total. The topological polar surface area (TPSA) is 71.1 Å². The van der Waals surface area contributed by atoms with Crippen molar-refractivity contribution in [2.75, 3.05) is 26.2 Å². The molecule has 4 atom stereocenters. The van der Waals surface area contributed by atoms with Crippen LogP contribution < -0.4 is 5.32 Å². The Morgan fingerprint density at radius 3 is 2.68 bits per heavy atom. The molecule has 1 aromatic carbocycles. The van der Waals surface area contributed by atoms with Gasteiger partial charge in [-0.15, -0.1) is 0 Å². The van der Waals surface area contributed by atoms with Gasteiger partial charge < -0.3 is 24.6 Å². The second-order valence-corrected chi connectivity index (χ2v) is 8.70. The number of halogens is 3. The molecule has 0 aliphatic carbocycles. The fourth-order valence-corrected chi connectivity index (χ4v) is 4.44. The Morgan fingerprint density at radius 1 is 1.32 bits per heavy atom. The number of likely N-dealkylation sites (tertiary alicyclic amines) is 2. The normalized spacial score (nSPS) is 31.0. The van der Waals surface area contributed by atoms with E-state index in [1.165, 1.54) is 12.1 Å². The lowest BCUT2D eigenvalue weighted by Crippen LogP contribution is -2.71. The SMILES string of the molecule is CC1C(OCc2ccc(C(F)(F)F)cc2)CN1C(=O)N1CC[C@@H]2OCC(=O)N[C@]2(C)C1. The van der Waals surface area contributed by atoms with Gasteiger partial charge in [0.1, 0.15) is 6.61 Å². The maximum Gasteiger partial charge on any atom is 0.416 e. The van der Waals surface area contributed by atoms with E-state index in [2.05, 4.69) is 5.32 Å². The second-order valence-electron chi connectivity index (χ2n) is 8.70. The summed E-state index contributed by atoms with van der Waals surface area (Å²) in [6, 6.07) is 4.62. The third-order valence-corrected chi connectivity index (χ3v) is 6.40. The molecule has 10 heteroatoms. The highest BCUT2D eigenvalue weighted by atomic mass is 19.4. The highest BCUT2D eigenvalue weighted by molar-refractivity contribution is 5.80. The summed E-state index contributed by atoms with van der Waals surface area (Å²) < 4.78 is 49.4. The number of ether oxygens (including phenoxy) is 2. The van der Waals surface area contributed by atoms with Crippen LogP contribution in [0.5, 0.6) is 0 Å². The number of carbonyl (C=O) groups excluding carboxylic acids is 2. The number of rotatable bonds is 3. The van der Waals surface area contributed by atoms with Crippen LogP contribution >= 0.6 is 0 Å². The van der Waals surface area contributed by atoms with E-state index in [9.17, 15) is 22.8 Å². The van der Waals surface area contributed by atoms with Gasteiger partial charge in [0.2, 0.25) is 5.91 Å². The predicted octanol–water partition coefficient (Wildman–Crippen LogP) is 2.39. The Hall–Kier alpha value is -2.33. The number of hydrogen-bond acceptors (Lipinski definition) is 4. The minimum absolute atomic E-state index is 0.0509. The van der Waals surface area contributed by atoms with Crippen molar-refractivity contribution >= 4 is 11.9 Å². The number of nitrogens with zero attached hydrogens (tertiary/aromatic N) is 2. The molecule has 4 rings (SSSR count). The van der Waals surface area contributed by atoms with Crippen LogP contribution in [0.3, 0.4) is 0 Å². The first-order valence-corrected chi connectivity index (χ1v) is 10.3. The Balaban J connectivity index is 1.28. The summed E-state index contributed by atoms with van der Waals surface area (Å²) in [4.78, 5) is 28.2. The minimum Gasteiger partial charge on any atom is -0.370 e. The Labute approximate surface area is 178 Å². The molecule has 3 aliphatic heterocycles. The van der Waals surface area contributed by atoms with Gasteiger partial charge in [-0.25, -0.2) is 4.79 Å². The van der Waals surface area contributed by atoms with Crippen molar-refractivity contribution in [3.05, 3.63) is 35.4 Å². The first-order chi connectivity index (χ1) is 14.6. The number of benzene rings is 1. The zero-order chi connectivity index (χ0) is 22.4. The monoisotopic (exact) mass is 441 g/mol. The van der Waals surface area contributed by atoms with Gasteiger partial charge in [0, 0.05) is 13.1 Å². The maximum atomic E-state index is 13.0. The molecule has 0 radical (unpaired) electrons. The van der Waals surface area contributed by atoms with E-state index in [1.807, 2.05) is 13.8 Å². The van der Waals surface area contributed by atoms with Gasteiger partial charge in [-0.2, -0.15) is 13.2 Å². The third-order valence-electron chi connectivity index (χ3n) is 6.40. The molecular weight excluding hydrogens is 415 g/mol. The number of urea groups is 1. The van der Waals surface area contributed by atoms with E-state index >= 15 is 0 Å². The van der Waals surface area contributed by atoms with Gasteiger partial charge in [0.25, 0.3) is 0 Å². The fraction of sp³-hybridized carbons (Fsp3) is 0.619. The number of carbonyl (C=O) groups is 2. The summed E-state index contributed by atoms with van der Waals surface area (Å²) in [5.74, 6) is -0.179. The summed E-state index contributed by atoms with van der Waals surface area (Å²) in [5.41, 5.74) is -0.648. The summed E-state index contributed by atoms with van der Waals surface area (Å²) in [6.45, 7) is 5.36. The standard InChI is InChI=1S/C21H26F3N3O4/c1-13-16(30-10-14-3-5-15(6-4-14)21(22,23)24)9-27(13)19(29)26-8-7-17-20(2,12-26)25-18(28)11-31-17/h3-6,13,16-17H,7-12H2,1-2H3,(H,25,28)/t13?,16?,17-,20+/m0/s1. The highest BCUT2D eigenvalue weighted by Crippen LogP contribution is 2.31. The molecule has 3 heterocycles. The van der Waals surface area contributed by atoms with Crippen LogP contribution in [0, 0.1) is 0 Å². The molecule has 31 heavy (non-hydrogen) atoms. The van der Waals surface area contributed by atoms with Crippen molar-refractivity contribution in [1.82, 2.24) is 15.1 Å². The van der Waals surface area contributed by atoms with E-state index in [4.69, 9.17) is 9.47 Å². The zero-order valence-electron chi connectivity index (χ0n) is 17.4. The number of fused-ring (bicyclic) bond motifs is 1. The van der Waals surface area contributed by atoms with E-state index in [-0.39, 0.29) is 43.4 Å². The van der Waals surface area contributed by atoms with Crippen LogP contribution in [0.4, 0.5) is 18.0 Å². The van der Waals surface area contributed by atoms with Crippen molar-refractivity contribution in [1.29, 1.82) is 0 Å². The van der Waals surface area contributed by atoms with Crippen LogP contribution in [0.2, 0.25) is 0 Å². The van der Waals surface area contributed by atoms with Gasteiger partial charge in [0.05, 0.1) is 42.5 Å². The molecule has 0 bridgehead atoms. The van der Waals surface area contributed by atoms with Crippen molar-refractivity contribution in [3.63, 3.8) is 0 Å². The molecule has 0 spiro atoms. The second kappa shape index (κ2) is 7.98. The smallest absolute Gasteiger partial charge is 0.370 e. The first kappa shape index (κ1) is 21.9. The van der Waals surface area contributed by atoms with Gasteiger partial charge >= 0.3 is 12.2 Å². The summed E-state index contributed by atoms with van der Waals surface area (Å²) in [6.07, 6.45) is -4.00. The van der Waals surface area contributed by atoms with Crippen molar-refractivity contribution < 1.29 is 32.2 Å². The Bertz CT molecular complexity index is 847. The number of alkyl halides is 3. The zero-order valence-corrected chi connectivity index (χ0v) is 17.4. The summed E-state index contributed by atoms with van der Waals surface area (Å²) in [7, 11) is 0. The molecule has 0 saturated carbocycles. The maximum absolute atomic E-state index is 13.0. The highest BCUT2D eigenvalue weighted by Gasteiger charge is 2.48. The number of amides is 3. The average molecular weight is 441 g/mol. The molecule has 3 amide bonds. The number of nitrogens with one attached hydrogen (secondary N) is 1. The first-order valence-electron chi connectivity index (χ1n) is 10.3. The van der Waals surface area contributed by atoms with Gasteiger partial charge in [0.15, 0.2) is 0 Å². The molecule has 3 saturated heterocycles. The van der Waals surface area contributed by atoms with Gasteiger partial charge in [-0.1, -0.05) is 12.1 Å². The number of piperidine rings is 1.